The van der Waals surface area contributed by atoms with Crippen LogP contribution in [0.5, 0.6) is 0 Å². The second-order valence-corrected chi connectivity index (χ2v) is 3.34. The van der Waals surface area contributed by atoms with Gasteiger partial charge in [0.2, 0.25) is 5.79 Å². The molecule has 0 aromatic heterocycles. The smallest absolute Gasteiger partial charge is 0 e. The van der Waals surface area contributed by atoms with E-state index in [9.17, 15) is 4.79 Å². The number of cyclic esters (lactones) is 1. The number of carbonyl (C=O) groups is 1. The molecule has 0 bridgehead atoms. The van der Waals surface area contributed by atoms with E-state index >= 15 is 0 Å². The van der Waals surface area contributed by atoms with E-state index in [1.54, 1.807) is 13.2 Å². The second-order valence-electron chi connectivity index (χ2n) is 3.34. The maximum absolute atomic E-state index is 11.0. The predicted molar refractivity (Wildman–Crippen MR) is 63.1 cm³/mol. The van der Waals surface area contributed by atoms with Crippen molar-refractivity contribution in [2.24, 2.45) is 5.92 Å². The fourth-order valence-electron chi connectivity index (χ4n) is 1.75. The molecule has 0 aromatic carbocycles. The fourth-order valence-corrected chi connectivity index (χ4v) is 1.75. The van der Waals surface area contributed by atoms with E-state index in [2.05, 4.69) is 20.0 Å². The third-order valence-corrected chi connectivity index (χ3v) is 2.53. The number of hydrogen-bond acceptors (Lipinski definition) is 3. The van der Waals surface area contributed by atoms with Crippen molar-refractivity contribution in [3.05, 3.63) is 56.4 Å². The third-order valence-electron chi connectivity index (χ3n) is 2.53. The van der Waals surface area contributed by atoms with Gasteiger partial charge in [-0.25, -0.2) is 4.79 Å². The predicted octanol–water partition coefficient (Wildman–Crippen LogP) is 1.46. The van der Waals surface area contributed by atoms with Crippen LogP contribution in [0.2, 0.25) is 0 Å². The van der Waals surface area contributed by atoms with E-state index in [0.29, 0.717) is 0 Å². The molecule has 1 aliphatic heterocycles. The van der Waals surface area contributed by atoms with Crippen LogP contribution in [-0.2, 0) is 45.3 Å². The zero-order chi connectivity index (χ0) is 16.0. The molecule has 0 radical (unpaired) electrons. The molecule has 0 amide bonds. The molecule has 6 nitrogen and oxygen atoms in total. The molecule has 0 saturated heterocycles. The van der Waals surface area contributed by atoms with Crippen LogP contribution < -0.4 is 0 Å². The maximum Gasteiger partial charge on any atom is 0 e. The largest absolute Gasteiger partial charge is 0 e. The Balaban J connectivity index is -0.000000414. The summed E-state index contributed by atoms with van der Waals surface area (Å²) in [7, 11) is 1.55. The van der Waals surface area contributed by atoms with Crippen molar-refractivity contribution in [1.82, 2.24) is 0 Å². The summed E-state index contributed by atoms with van der Waals surface area (Å²) in [5.41, 5.74) is 0. The van der Waals surface area contributed by atoms with Crippen LogP contribution in [0.3, 0.4) is 0 Å². The van der Waals surface area contributed by atoms with Crippen LogP contribution in [0.1, 0.15) is 6.42 Å². The Morgan fingerprint density at radius 3 is 2.14 bits per heavy atom. The summed E-state index contributed by atoms with van der Waals surface area (Å²) in [6.07, 6.45) is 11.9. The van der Waals surface area contributed by atoms with Crippen LogP contribution in [0.4, 0.5) is 0 Å². The summed E-state index contributed by atoms with van der Waals surface area (Å²) >= 11 is 0. The fraction of sp³-hybridized carbons (Fsp3) is 0.286. The van der Waals surface area contributed by atoms with Crippen LogP contribution >= 0.6 is 0 Å². The molecule has 0 aromatic rings. The summed E-state index contributed by atoms with van der Waals surface area (Å²) < 4.78 is 33.0. The average Bonchev–Trinajstić information content (AvgIpc) is 2.97. The molecule has 2 rings (SSSR count). The number of carbonyl (C=O) groups excluding carboxylic acids is 1. The van der Waals surface area contributed by atoms with Crippen LogP contribution in [-0.4, -0.2) is 18.9 Å². The van der Waals surface area contributed by atoms with Gasteiger partial charge in [0.25, 0.3) is 0 Å². The van der Waals surface area contributed by atoms with E-state index < -0.39 is 5.79 Å². The van der Waals surface area contributed by atoms with E-state index in [0.717, 1.165) is 6.42 Å². The molecule has 2 aliphatic rings. The van der Waals surface area contributed by atoms with Gasteiger partial charge >= 0.3 is 39.9 Å². The minimum absolute atomic E-state index is 0. The van der Waals surface area contributed by atoms with Crippen LogP contribution in [0.15, 0.2) is 36.5 Å². The topological polar surface area (TPSA) is 95.2 Å². The van der Waals surface area contributed by atoms with E-state index in [1.807, 2.05) is 24.3 Å². The van der Waals surface area contributed by atoms with Crippen LogP contribution in [0.25, 0.3) is 0 Å². The molecule has 0 fully saturated rings. The molecular weight excluding hydrogens is 320 g/mol. The maximum atomic E-state index is 11.0. The molecule has 1 heterocycles. The molecular formula is C14H12FeO6. The van der Waals surface area contributed by atoms with Gasteiger partial charge in [0.1, 0.15) is 0 Å². The second kappa shape index (κ2) is 14.8. The van der Waals surface area contributed by atoms with E-state index in [-0.39, 0.29) is 29.0 Å². The SMILES string of the molecule is COC1(C2C=CC=CC2)C=CC(=O)O1.[C-]#[O+].[C-]#[O+].[C-]#[O+].[Fe]. The summed E-state index contributed by atoms with van der Waals surface area (Å²) in [6.45, 7) is 13.5. The normalized spacial score (nSPS) is 23.6. The van der Waals surface area contributed by atoms with Gasteiger partial charge in [-0.3, -0.25) is 0 Å². The first-order valence-corrected chi connectivity index (χ1v) is 5.19. The quantitative estimate of drug-likeness (QED) is 0.331. The molecule has 1 aliphatic carbocycles. The minimum Gasteiger partial charge on any atom is 0 e. The molecule has 0 N–H and O–H groups in total. The standard InChI is InChI=1S/C11H12O3.3CO.Fe/c1-13-11(8-7-10(12)14-11)9-5-3-2-4-6-9;3*1-2;/h2-5,7-9H,6H2,1H3;;;;. The van der Waals surface area contributed by atoms with Gasteiger partial charge in [-0.2, -0.15) is 0 Å². The Labute approximate surface area is 133 Å². The number of ether oxygens (including phenoxy) is 2. The molecule has 112 valence electrons. The van der Waals surface area contributed by atoms with E-state index in [4.69, 9.17) is 23.4 Å². The average molecular weight is 332 g/mol. The zero-order valence-corrected chi connectivity index (χ0v) is 12.2. The first-order chi connectivity index (χ1) is 9.77. The van der Waals surface area contributed by atoms with Crippen LogP contribution in [0, 0.1) is 25.9 Å². The number of methoxy groups -OCH3 is 1. The van der Waals surface area contributed by atoms with Crippen molar-refractivity contribution in [1.29, 1.82) is 0 Å². The molecule has 2 atom stereocenters. The van der Waals surface area contributed by atoms with E-state index in [1.165, 1.54) is 6.08 Å². The van der Waals surface area contributed by atoms with Gasteiger partial charge < -0.3 is 9.47 Å². The number of rotatable bonds is 2. The van der Waals surface area contributed by atoms with Crippen molar-refractivity contribution < 1.29 is 45.3 Å². The number of esters is 1. The van der Waals surface area contributed by atoms with Crippen molar-refractivity contribution in [3.63, 3.8) is 0 Å². The molecule has 21 heavy (non-hydrogen) atoms. The Hall–Kier alpha value is -1.61. The minimum atomic E-state index is -0.891. The first kappa shape index (κ1) is 24.4. The van der Waals surface area contributed by atoms with Gasteiger partial charge in [-0.15, -0.1) is 0 Å². The first-order valence-electron chi connectivity index (χ1n) is 5.19. The molecule has 7 heteroatoms. The number of hydrogen-bond donors (Lipinski definition) is 0. The number of allylic oxidation sites excluding steroid dienone is 3. The molecule has 2 unspecified atom stereocenters. The Bertz CT molecular complexity index is 432. The summed E-state index contributed by atoms with van der Waals surface area (Å²) in [4.78, 5) is 11.0. The summed E-state index contributed by atoms with van der Waals surface area (Å²) in [6, 6.07) is 0. The van der Waals surface area contributed by atoms with Crippen molar-refractivity contribution in [2.45, 2.75) is 12.2 Å². The van der Waals surface area contributed by atoms with Gasteiger partial charge in [-0.05, 0) is 12.5 Å². The Morgan fingerprint density at radius 1 is 1.24 bits per heavy atom. The molecule has 0 saturated carbocycles. The van der Waals surface area contributed by atoms with Crippen molar-refractivity contribution in [2.75, 3.05) is 7.11 Å². The molecule has 0 spiro atoms. The van der Waals surface area contributed by atoms with Crippen molar-refractivity contribution in [3.8, 4) is 0 Å². The third kappa shape index (κ3) is 7.09. The summed E-state index contributed by atoms with van der Waals surface area (Å²) in [5.74, 6) is -1.16. The van der Waals surface area contributed by atoms with Gasteiger partial charge in [0.05, 0.1) is 5.92 Å². The zero-order valence-electron chi connectivity index (χ0n) is 11.1. The van der Waals surface area contributed by atoms with Gasteiger partial charge in [0.15, 0.2) is 0 Å². The van der Waals surface area contributed by atoms with Crippen molar-refractivity contribution >= 4 is 5.97 Å². The summed E-state index contributed by atoms with van der Waals surface area (Å²) in [5, 5.41) is 0. The Morgan fingerprint density at radius 2 is 1.81 bits per heavy atom. The van der Waals surface area contributed by atoms with Gasteiger partial charge in [0, 0.05) is 30.3 Å². The van der Waals surface area contributed by atoms with Gasteiger partial charge in [-0.1, -0.05) is 24.3 Å². The monoisotopic (exact) mass is 332 g/mol. The Kier molecular flexibility index (Phi) is 17.2.